The molecular weight excluding hydrogens is 290 g/mol. The van der Waals surface area contributed by atoms with Crippen LogP contribution in [-0.4, -0.2) is 62.5 Å². The molecule has 2 fully saturated rings. The lowest BCUT2D eigenvalue weighted by atomic mass is 9.84. The fourth-order valence-electron chi connectivity index (χ4n) is 3.57. The van der Waals surface area contributed by atoms with E-state index in [0.717, 1.165) is 52.0 Å². The number of piperazine rings is 1. The van der Waals surface area contributed by atoms with Crippen molar-refractivity contribution >= 4 is 6.41 Å². The number of hydrogen-bond acceptors (Lipinski definition) is 4. The number of rotatable bonds is 1. The number of fused-ring (bicyclic) bond motifs is 2. The van der Waals surface area contributed by atoms with Crippen LogP contribution in [-0.2, 0) is 21.7 Å². The summed E-state index contributed by atoms with van der Waals surface area (Å²) < 4.78 is 6.00. The molecule has 0 unspecified atom stereocenters. The van der Waals surface area contributed by atoms with Crippen molar-refractivity contribution in [3.05, 3.63) is 35.4 Å². The number of amides is 1. The molecule has 5 nitrogen and oxygen atoms in total. The molecule has 1 spiro atoms. The quantitative estimate of drug-likeness (QED) is 0.790. The van der Waals surface area contributed by atoms with Gasteiger partial charge in [-0.05, 0) is 31.0 Å². The highest BCUT2D eigenvalue weighted by Gasteiger charge is 2.42. The molecule has 0 atom stereocenters. The first-order valence-electron chi connectivity index (χ1n) is 8.54. The summed E-state index contributed by atoms with van der Waals surface area (Å²) in [7, 11) is 2.15. The Morgan fingerprint density at radius 2 is 1.83 bits per heavy atom. The summed E-state index contributed by atoms with van der Waals surface area (Å²) in [6.45, 7) is 7.07. The normalized spacial score (nSPS) is 23.1. The predicted molar refractivity (Wildman–Crippen MR) is 90.1 cm³/mol. The lowest BCUT2D eigenvalue weighted by molar-refractivity contribution is -0.125. The number of carbonyl (C=O) groups excluding carboxylic acids is 1. The molecule has 0 aromatic heterocycles. The molecule has 5 heteroatoms. The summed E-state index contributed by atoms with van der Waals surface area (Å²) in [5.74, 6) is 0. The van der Waals surface area contributed by atoms with Gasteiger partial charge in [-0.25, -0.2) is 0 Å². The Morgan fingerprint density at radius 1 is 1.13 bits per heavy atom. The highest BCUT2D eigenvalue weighted by molar-refractivity contribution is 5.48. The molecule has 1 aromatic carbocycles. The zero-order valence-electron chi connectivity index (χ0n) is 14.0. The van der Waals surface area contributed by atoms with Crippen LogP contribution in [0.15, 0.2) is 24.3 Å². The molecule has 126 valence electrons. The largest absolute Gasteiger partial charge is 0.365 e. The van der Waals surface area contributed by atoms with Gasteiger partial charge in [0.1, 0.15) is 0 Å². The standard InChI is InChI=1S/C13H15NO2.C5H12N2/c15-10-14-7-5-13(6-8-14)12-4-2-1-3-11(12)9-16-13;1-7-4-2-6-3-5-7/h1-4,10H,5-9H2;6H,2-5H2,1H3. The number of nitrogens with one attached hydrogen (secondary N) is 1. The first-order chi connectivity index (χ1) is 11.2. The molecule has 2 saturated heterocycles. The second kappa shape index (κ2) is 7.43. The van der Waals surface area contributed by atoms with Gasteiger partial charge < -0.3 is 19.9 Å². The van der Waals surface area contributed by atoms with Crippen molar-refractivity contribution in [3.63, 3.8) is 0 Å². The molecule has 0 aliphatic carbocycles. The third kappa shape index (κ3) is 3.74. The molecule has 0 bridgehead atoms. The van der Waals surface area contributed by atoms with E-state index >= 15 is 0 Å². The Morgan fingerprint density at radius 3 is 2.43 bits per heavy atom. The number of nitrogens with zero attached hydrogens (tertiary/aromatic N) is 2. The molecule has 1 N–H and O–H groups in total. The van der Waals surface area contributed by atoms with Gasteiger partial charge in [0.25, 0.3) is 0 Å². The fraction of sp³-hybridized carbons (Fsp3) is 0.611. The average Bonchev–Trinajstić information content (AvgIpc) is 2.96. The summed E-state index contributed by atoms with van der Waals surface area (Å²) in [5, 5.41) is 3.27. The van der Waals surface area contributed by atoms with E-state index in [2.05, 4.69) is 41.5 Å². The van der Waals surface area contributed by atoms with Crippen LogP contribution in [0.2, 0.25) is 0 Å². The molecule has 23 heavy (non-hydrogen) atoms. The van der Waals surface area contributed by atoms with Gasteiger partial charge in [0.2, 0.25) is 6.41 Å². The Labute approximate surface area is 138 Å². The van der Waals surface area contributed by atoms with E-state index in [0.29, 0.717) is 0 Å². The second-order valence-corrected chi connectivity index (χ2v) is 6.63. The number of piperidine rings is 1. The molecule has 3 heterocycles. The molecule has 0 saturated carbocycles. The topological polar surface area (TPSA) is 44.8 Å². The van der Waals surface area contributed by atoms with Crippen molar-refractivity contribution in [1.29, 1.82) is 0 Å². The Bertz CT molecular complexity index is 521. The van der Waals surface area contributed by atoms with Crippen LogP contribution in [0.1, 0.15) is 24.0 Å². The number of likely N-dealkylation sites (N-methyl/N-ethyl adjacent to an activating group) is 1. The number of benzene rings is 1. The van der Waals surface area contributed by atoms with Crippen LogP contribution < -0.4 is 5.32 Å². The van der Waals surface area contributed by atoms with Crippen LogP contribution in [0.3, 0.4) is 0 Å². The third-order valence-electron chi connectivity index (χ3n) is 5.11. The summed E-state index contributed by atoms with van der Waals surface area (Å²) in [4.78, 5) is 14.9. The number of ether oxygens (including phenoxy) is 1. The molecule has 1 aromatic rings. The van der Waals surface area contributed by atoms with Crippen LogP contribution in [0, 0.1) is 0 Å². The van der Waals surface area contributed by atoms with Crippen LogP contribution in [0.4, 0.5) is 0 Å². The van der Waals surface area contributed by atoms with E-state index in [4.69, 9.17) is 4.74 Å². The van der Waals surface area contributed by atoms with E-state index < -0.39 is 0 Å². The third-order valence-corrected chi connectivity index (χ3v) is 5.11. The SMILES string of the molecule is CN1CCNCC1.O=CN1CCC2(CC1)OCc1ccccc12. The minimum atomic E-state index is -0.115. The summed E-state index contributed by atoms with van der Waals surface area (Å²) >= 11 is 0. The number of likely N-dealkylation sites (tertiary alicyclic amines) is 1. The zero-order valence-corrected chi connectivity index (χ0v) is 14.0. The molecule has 3 aliphatic heterocycles. The van der Waals surface area contributed by atoms with Gasteiger partial charge in [0, 0.05) is 39.3 Å². The molecule has 1 amide bonds. The van der Waals surface area contributed by atoms with Crippen LogP contribution in [0.5, 0.6) is 0 Å². The fourth-order valence-corrected chi connectivity index (χ4v) is 3.57. The first kappa shape index (κ1) is 16.4. The van der Waals surface area contributed by atoms with Crippen LogP contribution in [0.25, 0.3) is 0 Å². The van der Waals surface area contributed by atoms with E-state index in [-0.39, 0.29) is 5.60 Å². The lowest BCUT2D eigenvalue weighted by Crippen LogP contribution is -2.41. The van der Waals surface area contributed by atoms with Gasteiger partial charge in [-0.2, -0.15) is 0 Å². The van der Waals surface area contributed by atoms with Gasteiger partial charge in [-0.1, -0.05) is 24.3 Å². The summed E-state index contributed by atoms with van der Waals surface area (Å²) in [5.41, 5.74) is 2.53. The van der Waals surface area contributed by atoms with Gasteiger partial charge in [0.15, 0.2) is 0 Å². The maximum atomic E-state index is 10.7. The van der Waals surface area contributed by atoms with Gasteiger partial charge in [-0.15, -0.1) is 0 Å². The van der Waals surface area contributed by atoms with E-state index in [1.165, 1.54) is 24.2 Å². The zero-order chi connectivity index (χ0) is 16.1. The molecular formula is C18H27N3O2. The predicted octanol–water partition coefficient (Wildman–Crippen LogP) is 1.19. The molecule has 4 rings (SSSR count). The van der Waals surface area contributed by atoms with Crippen molar-refractivity contribution in [2.45, 2.75) is 25.0 Å². The Hall–Kier alpha value is -1.43. The maximum absolute atomic E-state index is 10.7. The number of carbonyl (C=O) groups is 1. The van der Waals surface area contributed by atoms with Crippen molar-refractivity contribution < 1.29 is 9.53 Å². The monoisotopic (exact) mass is 317 g/mol. The minimum Gasteiger partial charge on any atom is -0.365 e. The smallest absolute Gasteiger partial charge is 0.209 e. The highest BCUT2D eigenvalue weighted by atomic mass is 16.5. The molecule has 0 radical (unpaired) electrons. The van der Waals surface area contributed by atoms with Crippen molar-refractivity contribution in [2.75, 3.05) is 46.3 Å². The van der Waals surface area contributed by atoms with Crippen molar-refractivity contribution in [3.8, 4) is 0 Å². The van der Waals surface area contributed by atoms with Crippen molar-refractivity contribution in [1.82, 2.24) is 15.1 Å². The molecule has 3 aliphatic rings. The van der Waals surface area contributed by atoms with Gasteiger partial charge in [0.05, 0.1) is 12.2 Å². The summed E-state index contributed by atoms with van der Waals surface area (Å²) in [6, 6.07) is 8.43. The Balaban J connectivity index is 0.000000188. The number of hydrogen-bond donors (Lipinski definition) is 1. The van der Waals surface area contributed by atoms with E-state index in [1.807, 2.05) is 4.90 Å². The lowest BCUT2D eigenvalue weighted by Gasteiger charge is -2.37. The maximum Gasteiger partial charge on any atom is 0.209 e. The first-order valence-corrected chi connectivity index (χ1v) is 8.54. The Kier molecular flexibility index (Phi) is 5.30. The van der Waals surface area contributed by atoms with Gasteiger partial charge >= 0.3 is 0 Å². The van der Waals surface area contributed by atoms with Crippen molar-refractivity contribution in [2.24, 2.45) is 0 Å². The minimum absolute atomic E-state index is 0.115. The average molecular weight is 317 g/mol. The van der Waals surface area contributed by atoms with E-state index in [9.17, 15) is 4.79 Å². The van der Waals surface area contributed by atoms with E-state index in [1.54, 1.807) is 0 Å². The van der Waals surface area contributed by atoms with Crippen LogP contribution >= 0.6 is 0 Å². The van der Waals surface area contributed by atoms with Gasteiger partial charge in [-0.3, -0.25) is 4.79 Å². The summed E-state index contributed by atoms with van der Waals surface area (Å²) in [6.07, 6.45) is 2.78. The highest BCUT2D eigenvalue weighted by Crippen LogP contribution is 2.43. The second-order valence-electron chi connectivity index (χ2n) is 6.63.